The molecular formula is C23H34S2Sn. The molecule has 0 bridgehead atoms. The molecule has 0 spiro atoms. The molecule has 26 heavy (non-hydrogen) atoms. The van der Waals surface area contributed by atoms with Gasteiger partial charge in [0.05, 0.1) is 0 Å². The Morgan fingerprint density at radius 3 is 1.69 bits per heavy atom. The molecule has 0 nitrogen and oxygen atoms in total. The molecule has 2 rings (SSSR count). The summed E-state index contributed by atoms with van der Waals surface area (Å²) in [4.78, 5) is 3.81. The van der Waals surface area contributed by atoms with Gasteiger partial charge in [-0.2, -0.15) is 0 Å². The van der Waals surface area contributed by atoms with Crippen LogP contribution < -0.4 is 2.89 Å². The first-order valence-corrected chi connectivity index (χ1v) is 19.4. The summed E-state index contributed by atoms with van der Waals surface area (Å²) in [5.41, 5.74) is 0. The number of hydrogen-bond acceptors (Lipinski definition) is 2. The molecule has 0 aromatic carbocycles. The van der Waals surface area contributed by atoms with Crippen LogP contribution in [0.1, 0.15) is 73.9 Å². The zero-order valence-corrected chi connectivity index (χ0v) is 21.5. The molecule has 0 amide bonds. The summed E-state index contributed by atoms with van der Waals surface area (Å²) in [5, 5.41) is 0. The van der Waals surface area contributed by atoms with Crippen LogP contribution >= 0.6 is 22.7 Å². The summed E-state index contributed by atoms with van der Waals surface area (Å²) in [6, 6.07) is 9.10. The zero-order valence-electron chi connectivity index (χ0n) is 17.0. The van der Waals surface area contributed by atoms with Gasteiger partial charge >= 0.3 is 174 Å². The van der Waals surface area contributed by atoms with Gasteiger partial charge in [-0.1, -0.05) is 0 Å². The van der Waals surface area contributed by atoms with Gasteiger partial charge in [-0.25, -0.2) is 0 Å². The Morgan fingerprint density at radius 2 is 1.23 bits per heavy atom. The van der Waals surface area contributed by atoms with E-state index in [4.69, 9.17) is 0 Å². The van der Waals surface area contributed by atoms with Crippen molar-refractivity contribution >= 4 is 43.9 Å². The van der Waals surface area contributed by atoms with E-state index in [2.05, 4.69) is 63.8 Å². The predicted octanol–water partition coefficient (Wildman–Crippen LogP) is 7.57. The Morgan fingerprint density at radius 1 is 0.731 bits per heavy atom. The molecule has 0 aliphatic heterocycles. The molecule has 0 fully saturated rings. The van der Waals surface area contributed by atoms with Crippen molar-refractivity contribution in [1.29, 1.82) is 0 Å². The standard InChI is InChI=1S/C11H7S2.3C4H9.Sn/c1-9-4-5-11(13-9)7-6-10-3-2-8-12-10;3*1-3-4-2;/h2-5H,1H3;3*1,3-4H2,2H3;. The molecule has 2 aromatic rings. The average Bonchev–Trinajstić information content (AvgIpc) is 3.29. The van der Waals surface area contributed by atoms with Crippen LogP contribution in [0.2, 0.25) is 13.3 Å². The van der Waals surface area contributed by atoms with Crippen LogP contribution in [0.4, 0.5) is 0 Å². The average molecular weight is 493 g/mol. The SMILES string of the molecule is CCC[CH2][Sn]([CH2]CCC)([CH2]CCC)[c]1ccc(C#Cc2ccc(C)s2)s1. The van der Waals surface area contributed by atoms with Gasteiger partial charge in [-0.15, -0.1) is 0 Å². The Balaban J connectivity index is 2.25. The Kier molecular flexibility index (Phi) is 9.81. The van der Waals surface area contributed by atoms with Gasteiger partial charge in [-0.05, 0) is 0 Å². The molecule has 0 saturated carbocycles. The second kappa shape index (κ2) is 11.6. The topological polar surface area (TPSA) is 0 Å². The quantitative estimate of drug-likeness (QED) is 0.237. The van der Waals surface area contributed by atoms with Crippen molar-refractivity contribution in [3.63, 3.8) is 0 Å². The third kappa shape index (κ3) is 6.43. The van der Waals surface area contributed by atoms with E-state index in [-0.39, 0.29) is 0 Å². The number of hydrogen-bond donors (Lipinski definition) is 0. The predicted molar refractivity (Wildman–Crippen MR) is 124 cm³/mol. The number of unbranched alkanes of at least 4 members (excludes halogenated alkanes) is 3. The molecule has 142 valence electrons. The molecule has 3 heteroatoms. The molecule has 0 aliphatic rings. The third-order valence-electron chi connectivity index (χ3n) is 5.20. The second-order valence-electron chi connectivity index (χ2n) is 7.42. The summed E-state index contributed by atoms with van der Waals surface area (Å²) in [6.45, 7) is 9.21. The molecule has 0 saturated heterocycles. The van der Waals surface area contributed by atoms with Crippen molar-refractivity contribution in [2.75, 3.05) is 0 Å². The van der Waals surface area contributed by atoms with E-state index in [9.17, 15) is 0 Å². The molecule has 0 radical (unpaired) electrons. The van der Waals surface area contributed by atoms with Crippen molar-refractivity contribution < 1.29 is 0 Å². The number of rotatable bonds is 10. The van der Waals surface area contributed by atoms with Gasteiger partial charge in [0.1, 0.15) is 0 Å². The van der Waals surface area contributed by atoms with Crippen LogP contribution in [0.5, 0.6) is 0 Å². The zero-order chi connectivity index (χ0) is 18.8. The first-order valence-electron chi connectivity index (χ1n) is 10.3. The van der Waals surface area contributed by atoms with Crippen LogP contribution in [-0.2, 0) is 0 Å². The molecule has 2 heterocycles. The first-order chi connectivity index (χ1) is 12.6. The fraction of sp³-hybridized carbons (Fsp3) is 0.565. The molecule has 0 N–H and O–H groups in total. The molecular weight excluding hydrogens is 459 g/mol. The first kappa shape index (κ1) is 22.1. The van der Waals surface area contributed by atoms with Crippen LogP contribution in [0.15, 0.2) is 24.3 Å². The van der Waals surface area contributed by atoms with E-state index in [1.165, 1.54) is 53.2 Å². The van der Waals surface area contributed by atoms with Gasteiger partial charge in [-0.3, -0.25) is 0 Å². The van der Waals surface area contributed by atoms with Gasteiger partial charge < -0.3 is 0 Å². The van der Waals surface area contributed by atoms with E-state index in [1.54, 1.807) is 27.5 Å². The summed E-state index contributed by atoms with van der Waals surface area (Å²) in [5.74, 6) is 6.83. The van der Waals surface area contributed by atoms with Crippen LogP contribution in [-0.4, -0.2) is 18.4 Å². The normalized spacial score (nSPS) is 11.4. The van der Waals surface area contributed by atoms with Crippen molar-refractivity contribution in [3.8, 4) is 11.8 Å². The van der Waals surface area contributed by atoms with Crippen molar-refractivity contribution in [2.24, 2.45) is 0 Å². The Labute approximate surface area is 173 Å². The van der Waals surface area contributed by atoms with Crippen LogP contribution in [0.25, 0.3) is 0 Å². The molecule has 2 aromatic heterocycles. The fourth-order valence-corrected chi connectivity index (χ4v) is 24.3. The van der Waals surface area contributed by atoms with Crippen molar-refractivity contribution in [3.05, 3.63) is 38.9 Å². The third-order valence-corrected chi connectivity index (χ3v) is 25.4. The number of thiophene rings is 2. The monoisotopic (exact) mass is 494 g/mol. The van der Waals surface area contributed by atoms with Gasteiger partial charge in [0.2, 0.25) is 0 Å². The maximum absolute atomic E-state index is 3.45. The second-order valence-corrected chi connectivity index (χ2v) is 23.9. The molecule has 0 unspecified atom stereocenters. The summed E-state index contributed by atoms with van der Waals surface area (Å²) in [6.07, 6.45) is 8.30. The van der Waals surface area contributed by atoms with E-state index in [0.29, 0.717) is 0 Å². The van der Waals surface area contributed by atoms with E-state index >= 15 is 0 Å². The Hall–Kier alpha value is -0.241. The minimum atomic E-state index is -2.26. The summed E-state index contributed by atoms with van der Waals surface area (Å²) < 4.78 is 6.43. The van der Waals surface area contributed by atoms with Gasteiger partial charge in [0, 0.05) is 0 Å². The van der Waals surface area contributed by atoms with E-state index < -0.39 is 18.4 Å². The van der Waals surface area contributed by atoms with E-state index in [0.717, 1.165) is 0 Å². The molecule has 0 atom stereocenters. The van der Waals surface area contributed by atoms with Crippen LogP contribution in [0.3, 0.4) is 0 Å². The Bertz CT molecular complexity index is 692. The summed E-state index contributed by atoms with van der Waals surface area (Å²) >= 11 is 1.58. The van der Waals surface area contributed by atoms with Crippen molar-refractivity contribution in [2.45, 2.75) is 79.5 Å². The fourth-order valence-electron chi connectivity index (χ4n) is 3.61. The minimum absolute atomic E-state index is 1.19. The van der Waals surface area contributed by atoms with Gasteiger partial charge in [0.15, 0.2) is 0 Å². The molecule has 0 aliphatic carbocycles. The van der Waals surface area contributed by atoms with Gasteiger partial charge in [0.25, 0.3) is 0 Å². The maximum atomic E-state index is 3.45. The van der Waals surface area contributed by atoms with Crippen LogP contribution in [0, 0.1) is 18.8 Å². The van der Waals surface area contributed by atoms with E-state index in [1.807, 2.05) is 11.3 Å². The summed E-state index contributed by atoms with van der Waals surface area (Å²) in [7, 11) is 0. The number of aryl methyl sites for hydroxylation is 1. The van der Waals surface area contributed by atoms with Crippen molar-refractivity contribution in [1.82, 2.24) is 0 Å².